The summed E-state index contributed by atoms with van der Waals surface area (Å²) in [5, 5.41) is 9.24. The Bertz CT molecular complexity index is 650. The summed E-state index contributed by atoms with van der Waals surface area (Å²) in [4.78, 5) is 14.2. The van der Waals surface area contributed by atoms with E-state index in [4.69, 9.17) is 9.15 Å². The number of thioether (sulfide) groups is 1. The number of rotatable bonds is 8. The van der Waals surface area contributed by atoms with Gasteiger partial charge in [0.2, 0.25) is 5.91 Å². The molecule has 0 atom stereocenters. The van der Waals surface area contributed by atoms with E-state index >= 15 is 0 Å². The molecule has 8 heteroatoms. The van der Waals surface area contributed by atoms with Crippen molar-refractivity contribution in [3.63, 3.8) is 0 Å². The van der Waals surface area contributed by atoms with E-state index in [0.29, 0.717) is 23.9 Å². The van der Waals surface area contributed by atoms with Crippen molar-refractivity contribution < 1.29 is 13.9 Å². The molecule has 0 aliphatic carbocycles. The third-order valence-electron chi connectivity index (χ3n) is 3.97. The topological polar surface area (TPSA) is 73.4 Å². The van der Waals surface area contributed by atoms with Gasteiger partial charge in [0.15, 0.2) is 16.7 Å². The number of aromatic nitrogens is 3. The molecule has 0 N–H and O–H groups in total. The third kappa shape index (κ3) is 3.99. The minimum absolute atomic E-state index is 0.170. The maximum absolute atomic E-state index is 12.2. The molecular weight excluding hydrogens is 328 g/mol. The molecule has 1 amide bonds. The number of hydrogen-bond acceptors (Lipinski definition) is 6. The van der Waals surface area contributed by atoms with Crippen LogP contribution in [0, 0.1) is 0 Å². The second-order valence-electron chi connectivity index (χ2n) is 5.66. The van der Waals surface area contributed by atoms with Crippen LogP contribution < -0.4 is 0 Å². The fraction of sp³-hybridized carbons (Fsp3) is 0.562. The van der Waals surface area contributed by atoms with Gasteiger partial charge in [-0.05, 0) is 31.4 Å². The van der Waals surface area contributed by atoms with Gasteiger partial charge in [-0.25, -0.2) is 0 Å². The fourth-order valence-corrected chi connectivity index (χ4v) is 3.60. The monoisotopic (exact) mass is 350 g/mol. The maximum Gasteiger partial charge on any atom is 0.233 e. The quantitative estimate of drug-likeness (QED) is 0.537. The Hall–Kier alpha value is -1.80. The first-order valence-corrected chi connectivity index (χ1v) is 9.14. The van der Waals surface area contributed by atoms with Gasteiger partial charge in [0.1, 0.15) is 0 Å². The highest BCUT2D eigenvalue weighted by Gasteiger charge is 2.21. The van der Waals surface area contributed by atoms with E-state index in [0.717, 1.165) is 44.1 Å². The molecule has 0 unspecified atom stereocenters. The largest absolute Gasteiger partial charge is 0.461 e. The van der Waals surface area contributed by atoms with Crippen LogP contribution in [0.5, 0.6) is 0 Å². The molecule has 24 heavy (non-hydrogen) atoms. The smallest absolute Gasteiger partial charge is 0.233 e. The molecule has 1 aliphatic heterocycles. The predicted molar refractivity (Wildman–Crippen MR) is 90.8 cm³/mol. The molecule has 130 valence electrons. The van der Waals surface area contributed by atoms with Crippen LogP contribution in [0.4, 0.5) is 0 Å². The molecule has 7 nitrogen and oxygen atoms in total. The van der Waals surface area contributed by atoms with Crippen molar-refractivity contribution >= 4 is 17.7 Å². The summed E-state index contributed by atoms with van der Waals surface area (Å²) in [6, 6.07) is 3.69. The van der Waals surface area contributed by atoms with Gasteiger partial charge in [0.25, 0.3) is 0 Å². The molecule has 0 spiro atoms. The number of likely N-dealkylation sites (tertiary alicyclic amines) is 1. The second-order valence-corrected chi connectivity index (χ2v) is 6.60. The van der Waals surface area contributed by atoms with Gasteiger partial charge < -0.3 is 14.1 Å². The average molecular weight is 350 g/mol. The molecule has 0 saturated carbocycles. The molecule has 1 saturated heterocycles. The summed E-state index contributed by atoms with van der Waals surface area (Å²) in [5.74, 6) is 1.92. The van der Waals surface area contributed by atoms with Crippen LogP contribution in [0.1, 0.15) is 19.3 Å². The number of carbonyl (C=O) groups excluding carboxylic acids is 1. The van der Waals surface area contributed by atoms with Crippen molar-refractivity contribution in [2.45, 2.75) is 31.0 Å². The molecule has 0 aromatic carbocycles. The first kappa shape index (κ1) is 17.0. The Morgan fingerprint density at radius 1 is 1.38 bits per heavy atom. The maximum atomic E-state index is 12.2. The Morgan fingerprint density at radius 3 is 2.92 bits per heavy atom. The second kappa shape index (κ2) is 8.34. The molecule has 2 aromatic heterocycles. The summed E-state index contributed by atoms with van der Waals surface area (Å²) < 4.78 is 12.6. The molecule has 0 bridgehead atoms. The van der Waals surface area contributed by atoms with Crippen LogP contribution >= 0.6 is 11.8 Å². The van der Waals surface area contributed by atoms with Crippen molar-refractivity contribution in [2.75, 3.05) is 32.6 Å². The number of furan rings is 1. The Labute approximate surface area is 145 Å². The molecule has 1 fully saturated rings. The molecule has 3 rings (SSSR count). The number of carbonyl (C=O) groups is 1. The van der Waals surface area contributed by atoms with E-state index < -0.39 is 0 Å². The number of hydrogen-bond donors (Lipinski definition) is 0. The molecule has 1 aliphatic rings. The highest BCUT2D eigenvalue weighted by molar-refractivity contribution is 7.99. The van der Waals surface area contributed by atoms with Crippen molar-refractivity contribution in [1.29, 1.82) is 0 Å². The van der Waals surface area contributed by atoms with E-state index in [1.165, 1.54) is 11.8 Å². The van der Waals surface area contributed by atoms with Crippen molar-refractivity contribution in [3.05, 3.63) is 18.4 Å². The van der Waals surface area contributed by atoms with E-state index in [2.05, 4.69) is 10.2 Å². The highest BCUT2D eigenvalue weighted by Crippen LogP contribution is 2.25. The molecule has 2 aromatic rings. The van der Waals surface area contributed by atoms with E-state index in [-0.39, 0.29) is 5.91 Å². The standard InChI is InChI=1S/C16H22N4O3S/c1-22-10-5-9-20-15(13-6-4-11-23-13)17-18-16(20)24-12-14(21)19-7-2-3-8-19/h4,6,11H,2-3,5,7-10,12H2,1H3. The third-order valence-corrected chi connectivity index (χ3v) is 4.92. The lowest BCUT2D eigenvalue weighted by Gasteiger charge is -2.14. The van der Waals surface area contributed by atoms with Crippen LogP contribution in [0.3, 0.4) is 0 Å². The van der Waals surface area contributed by atoms with Gasteiger partial charge in [0, 0.05) is 33.4 Å². The van der Waals surface area contributed by atoms with Gasteiger partial charge in [-0.15, -0.1) is 10.2 Å². The zero-order chi connectivity index (χ0) is 16.8. The number of methoxy groups -OCH3 is 1. The first-order chi connectivity index (χ1) is 11.8. The fourth-order valence-electron chi connectivity index (χ4n) is 2.74. The first-order valence-electron chi connectivity index (χ1n) is 8.16. The summed E-state index contributed by atoms with van der Waals surface area (Å²) in [5.41, 5.74) is 0. The number of amides is 1. The van der Waals surface area contributed by atoms with Crippen molar-refractivity contribution in [1.82, 2.24) is 19.7 Å². The summed E-state index contributed by atoms with van der Waals surface area (Å²) >= 11 is 1.43. The van der Waals surface area contributed by atoms with Crippen LogP contribution in [-0.2, 0) is 16.1 Å². The summed E-state index contributed by atoms with van der Waals surface area (Å²) in [6.45, 7) is 3.12. The summed E-state index contributed by atoms with van der Waals surface area (Å²) in [7, 11) is 1.68. The minimum Gasteiger partial charge on any atom is -0.461 e. The SMILES string of the molecule is COCCCn1c(SCC(=O)N2CCCC2)nnc1-c1ccco1. The highest BCUT2D eigenvalue weighted by atomic mass is 32.2. The van der Waals surface area contributed by atoms with Gasteiger partial charge in [-0.3, -0.25) is 9.36 Å². The molecule has 0 radical (unpaired) electrons. The Balaban J connectivity index is 1.70. The lowest BCUT2D eigenvalue weighted by molar-refractivity contribution is -0.127. The number of nitrogens with zero attached hydrogens (tertiary/aromatic N) is 4. The minimum atomic E-state index is 0.170. The van der Waals surface area contributed by atoms with Crippen molar-refractivity contribution in [2.24, 2.45) is 0 Å². The average Bonchev–Trinajstić information content (AvgIpc) is 3.33. The van der Waals surface area contributed by atoms with Gasteiger partial charge in [-0.1, -0.05) is 11.8 Å². The normalized spacial score (nSPS) is 14.5. The summed E-state index contributed by atoms with van der Waals surface area (Å²) in [6.07, 6.45) is 4.67. The zero-order valence-corrected chi connectivity index (χ0v) is 14.6. The van der Waals surface area contributed by atoms with Gasteiger partial charge in [0.05, 0.1) is 12.0 Å². The van der Waals surface area contributed by atoms with Gasteiger partial charge >= 0.3 is 0 Å². The van der Waals surface area contributed by atoms with Gasteiger partial charge in [-0.2, -0.15) is 0 Å². The van der Waals surface area contributed by atoms with E-state index in [9.17, 15) is 4.79 Å². The molecule has 3 heterocycles. The lowest BCUT2D eigenvalue weighted by atomic mass is 10.4. The number of ether oxygens (including phenoxy) is 1. The van der Waals surface area contributed by atoms with Crippen LogP contribution in [-0.4, -0.2) is 58.1 Å². The predicted octanol–water partition coefficient (Wildman–Crippen LogP) is 2.29. The van der Waals surface area contributed by atoms with Crippen LogP contribution in [0.15, 0.2) is 28.0 Å². The van der Waals surface area contributed by atoms with E-state index in [1.807, 2.05) is 21.6 Å². The van der Waals surface area contributed by atoms with Crippen molar-refractivity contribution in [3.8, 4) is 11.6 Å². The van der Waals surface area contributed by atoms with E-state index in [1.54, 1.807) is 13.4 Å². The Kier molecular flexibility index (Phi) is 5.92. The van der Waals surface area contributed by atoms with Crippen LogP contribution in [0.25, 0.3) is 11.6 Å². The lowest BCUT2D eigenvalue weighted by Crippen LogP contribution is -2.29. The van der Waals surface area contributed by atoms with Crippen LogP contribution in [0.2, 0.25) is 0 Å². The zero-order valence-electron chi connectivity index (χ0n) is 13.8. The Morgan fingerprint density at radius 2 is 2.21 bits per heavy atom. The molecular formula is C16H22N4O3S.